The maximum absolute atomic E-state index is 12.4. The largest absolute Gasteiger partial charge is 0.353 e. The van der Waals surface area contributed by atoms with Crippen molar-refractivity contribution >= 4 is 11.6 Å². The number of aromatic nitrogens is 2. The van der Waals surface area contributed by atoms with Crippen LogP contribution < -0.4 is 5.32 Å². The first kappa shape index (κ1) is 15.7. The van der Waals surface area contributed by atoms with E-state index in [0.717, 1.165) is 35.3 Å². The third-order valence-corrected chi connectivity index (χ3v) is 6.24. The van der Waals surface area contributed by atoms with Crippen molar-refractivity contribution in [2.45, 2.75) is 58.4 Å². The van der Waals surface area contributed by atoms with Crippen LogP contribution in [-0.2, 0) is 11.2 Å². The average molecular weight is 325 g/mol. The Bertz CT molecular complexity index is 750. The summed E-state index contributed by atoms with van der Waals surface area (Å²) in [5.41, 5.74) is 3.13. The smallest absolute Gasteiger partial charge is 0.220 e. The molecule has 0 saturated heterocycles. The summed E-state index contributed by atoms with van der Waals surface area (Å²) in [4.78, 5) is 17.0. The van der Waals surface area contributed by atoms with E-state index in [4.69, 9.17) is 0 Å². The number of hydrogen-bond acceptors (Lipinski definition) is 2. The zero-order valence-corrected chi connectivity index (χ0v) is 14.7. The second kappa shape index (κ2) is 6.23. The van der Waals surface area contributed by atoms with Crippen LogP contribution in [0.2, 0.25) is 0 Å². The number of aryl methyl sites for hydroxylation is 2. The number of amides is 1. The van der Waals surface area contributed by atoms with Crippen molar-refractivity contribution in [1.82, 2.24) is 14.7 Å². The Morgan fingerprint density at radius 1 is 1.38 bits per heavy atom. The highest BCUT2D eigenvalue weighted by molar-refractivity contribution is 5.76. The van der Waals surface area contributed by atoms with Crippen LogP contribution in [0.1, 0.15) is 50.4 Å². The molecule has 2 aromatic rings. The van der Waals surface area contributed by atoms with Crippen LogP contribution in [-0.4, -0.2) is 21.3 Å². The van der Waals surface area contributed by atoms with Crippen LogP contribution >= 0.6 is 0 Å². The molecule has 1 amide bonds. The Kier molecular flexibility index (Phi) is 4.07. The predicted octanol–water partition coefficient (Wildman–Crippen LogP) is 3.52. The van der Waals surface area contributed by atoms with Gasteiger partial charge in [-0.25, -0.2) is 4.98 Å². The molecule has 4 unspecified atom stereocenters. The van der Waals surface area contributed by atoms with Gasteiger partial charge in [0.15, 0.2) is 0 Å². The number of pyridine rings is 1. The molecule has 0 aliphatic heterocycles. The van der Waals surface area contributed by atoms with Crippen molar-refractivity contribution in [2.24, 2.45) is 17.8 Å². The third-order valence-electron chi connectivity index (χ3n) is 6.24. The number of hydrogen-bond donors (Lipinski definition) is 1. The van der Waals surface area contributed by atoms with Gasteiger partial charge in [0.25, 0.3) is 0 Å². The zero-order valence-electron chi connectivity index (χ0n) is 14.7. The van der Waals surface area contributed by atoms with E-state index >= 15 is 0 Å². The fourth-order valence-corrected chi connectivity index (χ4v) is 5.04. The molecule has 2 fully saturated rings. The molecule has 2 aliphatic carbocycles. The van der Waals surface area contributed by atoms with Crippen LogP contribution in [0.25, 0.3) is 5.65 Å². The van der Waals surface area contributed by atoms with E-state index < -0.39 is 0 Å². The van der Waals surface area contributed by atoms with E-state index in [1.54, 1.807) is 0 Å². The number of nitrogens with one attached hydrogen (secondary N) is 1. The lowest BCUT2D eigenvalue weighted by Gasteiger charge is -2.28. The van der Waals surface area contributed by atoms with E-state index in [9.17, 15) is 4.79 Å². The molecule has 0 aromatic carbocycles. The maximum Gasteiger partial charge on any atom is 0.220 e. The van der Waals surface area contributed by atoms with Crippen molar-refractivity contribution in [3.63, 3.8) is 0 Å². The van der Waals surface area contributed by atoms with E-state index in [2.05, 4.69) is 21.6 Å². The lowest BCUT2D eigenvalue weighted by atomic mass is 9.84. The minimum absolute atomic E-state index is 0.176. The molecule has 2 heterocycles. The standard InChI is InChI=1S/C20H27N3O/c1-13(17-12-15-6-7-16(17)11-15)22-20(24)9-8-18-14(2)21-19-5-3-4-10-23(18)19/h3-5,10,13,15-17H,6-9,11-12H2,1-2H3,(H,22,24). The van der Waals surface area contributed by atoms with Crippen LogP contribution in [0.15, 0.2) is 24.4 Å². The number of nitrogens with zero attached hydrogens (tertiary/aromatic N) is 2. The Balaban J connectivity index is 1.35. The number of imidazole rings is 1. The summed E-state index contributed by atoms with van der Waals surface area (Å²) in [6.45, 7) is 4.22. The molecular weight excluding hydrogens is 298 g/mol. The van der Waals surface area contributed by atoms with E-state index in [1.165, 1.54) is 25.7 Å². The molecule has 1 N–H and O–H groups in total. The second-order valence-electron chi connectivity index (χ2n) is 7.77. The van der Waals surface area contributed by atoms with Crippen molar-refractivity contribution in [1.29, 1.82) is 0 Å². The Morgan fingerprint density at radius 3 is 3.00 bits per heavy atom. The molecule has 2 aromatic heterocycles. The van der Waals surface area contributed by atoms with Crippen LogP contribution in [0.4, 0.5) is 0 Å². The molecular formula is C20H27N3O. The molecule has 2 aliphatic rings. The topological polar surface area (TPSA) is 46.4 Å². The van der Waals surface area contributed by atoms with Gasteiger partial charge in [0, 0.05) is 24.4 Å². The van der Waals surface area contributed by atoms with Gasteiger partial charge in [0.05, 0.1) is 5.69 Å². The molecule has 2 bridgehead atoms. The molecule has 128 valence electrons. The summed E-state index contributed by atoms with van der Waals surface area (Å²) in [6.07, 6.45) is 8.80. The van der Waals surface area contributed by atoms with Crippen LogP contribution in [0.5, 0.6) is 0 Å². The predicted molar refractivity (Wildman–Crippen MR) is 94.8 cm³/mol. The van der Waals surface area contributed by atoms with Gasteiger partial charge in [-0.1, -0.05) is 12.5 Å². The Hall–Kier alpha value is -1.84. The van der Waals surface area contributed by atoms with Crippen molar-refractivity contribution in [3.05, 3.63) is 35.8 Å². The lowest BCUT2D eigenvalue weighted by molar-refractivity contribution is -0.122. The molecule has 2 saturated carbocycles. The summed E-state index contributed by atoms with van der Waals surface area (Å²) in [5, 5.41) is 3.27. The highest BCUT2D eigenvalue weighted by Crippen LogP contribution is 2.49. The number of carbonyl (C=O) groups is 1. The molecule has 4 atom stereocenters. The van der Waals surface area contributed by atoms with Gasteiger partial charge in [-0.2, -0.15) is 0 Å². The van der Waals surface area contributed by atoms with Gasteiger partial charge in [-0.15, -0.1) is 0 Å². The molecule has 24 heavy (non-hydrogen) atoms. The van der Waals surface area contributed by atoms with E-state index in [1.807, 2.05) is 31.3 Å². The fraction of sp³-hybridized carbons (Fsp3) is 0.600. The summed E-state index contributed by atoms with van der Waals surface area (Å²) in [7, 11) is 0. The monoisotopic (exact) mass is 325 g/mol. The highest BCUT2D eigenvalue weighted by atomic mass is 16.1. The number of rotatable bonds is 5. The zero-order chi connectivity index (χ0) is 16.7. The van der Waals surface area contributed by atoms with Gasteiger partial charge in [0.2, 0.25) is 5.91 Å². The molecule has 0 spiro atoms. The summed E-state index contributed by atoms with van der Waals surface area (Å²) in [5.74, 6) is 2.66. The average Bonchev–Trinajstić information content (AvgIpc) is 3.26. The van der Waals surface area contributed by atoms with Gasteiger partial charge in [-0.3, -0.25) is 4.79 Å². The van der Waals surface area contributed by atoms with Crippen LogP contribution in [0.3, 0.4) is 0 Å². The number of fused-ring (bicyclic) bond motifs is 3. The van der Waals surface area contributed by atoms with Crippen molar-refractivity contribution < 1.29 is 4.79 Å². The summed E-state index contributed by atoms with van der Waals surface area (Å²) >= 11 is 0. The number of carbonyl (C=O) groups excluding carboxylic acids is 1. The highest BCUT2D eigenvalue weighted by Gasteiger charge is 2.42. The lowest BCUT2D eigenvalue weighted by Crippen LogP contribution is -2.40. The van der Waals surface area contributed by atoms with Gasteiger partial charge < -0.3 is 9.72 Å². The molecule has 4 nitrogen and oxygen atoms in total. The first-order valence-corrected chi connectivity index (χ1v) is 9.33. The molecule has 4 heteroatoms. The third kappa shape index (κ3) is 2.83. The van der Waals surface area contributed by atoms with Crippen LogP contribution in [0, 0.1) is 24.7 Å². The SMILES string of the molecule is Cc1nc2ccccn2c1CCC(=O)NC(C)C1CC2CCC1C2. The van der Waals surface area contributed by atoms with Gasteiger partial charge in [-0.05, 0) is 69.4 Å². The quantitative estimate of drug-likeness (QED) is 0.914. The van der Waals surface area contributed by atoms with E-state index in [-0.39, 0.29) is 5.91 Å². The molecule has 0 radical (unpaired) electrons. The first-order valence-electron chi connectivity index (χ1n) is 9.33. The minimum atomic E-state index is 0.176. The van der Waals surface area contributed by atoms with Crippen molar-refractivity contribution in [3.8, 4) is 0 Å². The van der Waals surface area contributed by atoms with Gasteiger partial charge >= 0.3 is 0 Å². The second-order valence-corrected chi connectivity index (χ2v) is 7.77. The van der Waals surface area contributed by atoms with Gasteiger partial charge in [0.1, 0.15) is 5.65 Å². The van der Waals surface area contributed by atoms with Crippen molar-refractivity contribution in [2.75, 3.05) is 0 Å². The Labute approximate surface area is 143 Å². The minimum Gasteiger partial charge on any atom is -0.353 e. The summed E-state index contributed by atoms with van der Waals surface area (Å²) < 4.78 is 2.10. The molecule has 4 rings (SSSR count). The maximum atomic E-state index is 12.4. The normalized spacial score (nSPS) is 26.8. The fourth-order valence-electron chi connectivity index (χ4n) is 5.04. The first-order chi connectivity index (χ1) is 11.6. The Morgan fingerprint density at radius 2 is 2.25 bits per heavy atom. The summed E-state index contributed by atoms with van der Waals surface area (Å²) in [6, 6.07) is 6.33. The van der Waals surface area contributed by atoms with E-state index in [0.29, 0.717) is 18.4 Å².